The predicted molar refractivity (Wildman–Crippen MR) is 64.5 cm³/mol. The van der Waals surface area contributed by atoms with Crippen molar-refractivity contribution in [1.29, 1.82) is 0 Å². The molecule has 0 saturated carbocycles. The molecule has 1 heterocycles. The van der Waals surface area contributed by atoms with Gasteiger partial charge >= 0.3 is 6.09 Å². The Kier molecular flexibility index (Phi) is 3.90. The van der Waals surface area contributed by atoms with E-state index >= 15 is 0 Å². The van der Waals surface area contributed by atoms with E-state index in [4.69, 9.17) is 4.74 Å². The number of aromatic nitrogens is 3. The van der Waals surface area contributed by atoms with E-state index in [0.29, 0.717) is 12.4 Å². The third-order valence-corrected chi connectivity index (χ3v) is 2.41. The maximum atomic E-state index is 11.4. The van der Waals surface area contributed by atoms with Crippen LogP contribution in [0.5, 0.6) is 0 Å². The van der Waals surface area contributed by atoms with Crippen LogP contribution in [-0.4, -0.2) is 20.9 Å². The average Bonchev–Trinajstić information content (AvgIpc) is 2.81. The fourth-order valence-corrected chi connectivity index (χ4v) is 1.41. The summed E-state index contributed by atoms with van der Waals surface area (Å²) in [6, 6.07) is 9.51. The Balaban J connectivity index is 1.75. The van der Waals surface area contributed by atoms with Crippen molar-refractivity contribution in [3.63, 3.8) is 0 Å². The van der Waals surface area contributed by atoms with Crippen LogP contribution in [0.2, 0.25) is 0 Å². The number of hydrogen-bond acceptors (Lipinski definition) is 4. The summed E-state index contributed by atoms with van der Waals surface area (Å²) in [7, 11) is 1.76. The summed E-state index contributed by atoms with van der Waals surface area (Å²) < 4.78 is 6.65. The minimum absolute atomic E-state index is 0.255. The molecule has 1 amide bonds. The van der Waals surface area contributed by atoms with E-state index in [1.165, 1.54) is 6.33 Å². The van der Waals surface area contributed by atoms with Crippen molar-refractivity contribution in [1.82, 2.24) is 20.1 Å². The SMILES string of the molecule is Cn1ncnc1CNC(=O)OCc1ccccc1. The highest BCUT2D eigenvalue weighted by Gasteiger charge is 2.05. The number of amides is 1. The minimum Gasteiger partial charge on any atom is -0.445 e. The number of hydrogen-bond donors (Lipinski definition) is 1. The first-order valence-corrected chi connectivity index (χ1v) is 5.53. The lowest BCUT2D eigenvalue weighted by Gasteiger charge is -2.06. The summed E-state index contributed by atoms with van der Waals surface area (Å²) in [6.07, 6.45) is 0.966. The number of rotatable bonds is 4. The second-order valence-electron chi connectivity index (χ2n) is 3.72. The van der Waals surface area contributed by atoms with Gasteiger partial charge < -0.3 is 10.1 Å². The molecule has 0 saturated heterocycles. The van der Waals surface area contributed by atoms with E-state index in [2.05, 4.69) is 15.4 Å². The molecule has 1 aromatic heterocycles. The number of nitrogens with zero attached hydrogens (tertiary/aromatic N) is 3. The molecule has 6 heteroatoms. The Morgan fingerprint density at radius 1 is 1.39 bits per heavy atom. The maximum Gasteiger partial charge on any atom is 0.407 e. The smallest absolute Gasteiger partial charge is 0.407 e. The van der Waals surface area contributed by atoms with Crippen molar-refractivity contribution in [2.24, 2.45) is 7.05 Å². The number of carbonyl (C=O) groups is 1. The average molecular weight is 246 g/mol. The number of benzene rings is 1. The molecular formula is C12H14N4O2. The van der Waals surface area contributed by atoms with E-state index in [0.717, 1.165) is 5.56 Å². The summed E-state index contributed by atoms with van der Waals surface area (Å²) in [5.41, 5.74) is 0.950. The lowest BCUT2D eigenvalue weighted by Crippen LogP contribution is -2.25. The molecule has 0 fully saturated rings. The first kappa shape index (κ1) is 12.1. The highest BCUT2D eigenvalue weighted by atomic mass is 16.5. The fraction of sp³-hybridized carbons (Fsp3) is 0.250. The third kappa shape index (κ3) is 3.31. The monoisotopic (exact) mass is 246 g/mol. The van der Waals surface area contributed by atoms with Crippen LogP contribution in [-0.2, 0) is 24.9 Å². The predicted octanol–water partition coefficient (Wildman–Crippen LogP) is 1.24. The Morgan fingerprint density at radius 3 is 2.83 bits per heavy atom. The molecule has 0 unspecified atom stereocenters. The Hall–Kier alpha value is -2.37. The first-order valence-electron chi connectivity index (χ1n) is 5.53. The highest BCUT2D eigenvalue weighted by molar-refractivity contribution is 5.67. The number of carbonyl (C=O) groups excluding carboxylic acids is 1. The summed E-state index contributed by atoms with van der Waals surface area (Å²) in [4.78, 5) is 15.4. The van der Waals surface area contributed by atoms with E-state index in [-0.39, 0.29) is 6.61 Å². The zero-order valence-electron chi connectivity index (χ0n) is 10.0. The van der Waals surface area contributed by atoms with E-state index < -0.39 is 6.09 Å². The number of nitrogens with one attached hydrogen (secondary N) is 1. The van der Waals surface area contributed by atoms with Gasteiger partial charge in [-0.1, -0.05) is 30.3 Å². The van der Waals surface area contributed by atoms with Crippen molar-refractivity contribution in [3.05, 3.63) is 48.0 Å². The van der Waals surface area contributed by atoms with Crippen LogP contribution in [0.25, 0.3) is 0 Å². The molecule has 6 nitrogen and oxygen atoms in total. The van der Waals surface area contributed by atoms with Gasteiger partial charge in [-0.3, -0.25) is 4.68 Å². The lowest BCUT2D eigenvalue weighted by molar-refractivity contribution is 0.138. The van der Waals surface area contributed by atoms with Gasteiger partial charge in [0.1, 0.15) is 18.8 Å². The van der Waals surface area contributed by atoms with Gasteiger partial charge in [0.15, 0.2) is 0 Å². The largest absolute Gasteiger partial charge is 0.445 e. The summed E-state index contributed by atoms with van der Waals surface area (Å²) in [5, 5.41) is 6.51. The van der Waals surface area contributed by atoms with Gasteiger partial charge in [0, 0.05) is 7.05 Å². The van der Waals surface area contributed by atoms with Gasteiger partial charge in [0.2, 0.25) is 0 Å². The molecule has 0 aliphatic heterocycles. The molecule has 0 atom stereocenters. The molecule has 2 rings (SSSR count). The maximum absolute atomic E-state index is 11.4. The van der Waals surface area contributed by atoms with Crippen LogP contribution in [0.1, 0.15) is 11.4 Å². The fourth-order valence-electron chi connectivity index (χ4n) is 1.41. The molecule has 0 aliphatic carbocycles. The zero-order valence-corrected chi connectivity index (χ0v) is 10.0. The van der Waals surface area contributed by atoms with Gasteiger partial charge in [-0.2, -0.15) is 5.10 Å². The number of alkyl carbamates (subject to hydrolysis) is 1. The number of aryl methyl sites for hydroxylation is 1. The van der Waals surface area contributed by atoms with Gasteiger partial charge in [-0.25, -0.2) is 9.78 Å². The van der Waals surface area contributed by atoms with Gasteiger partial charge in [0.25, 0.3) is 0 Å². The van der Waals surface area contributed by atoms with Crippen LogP contribution < -0.4 is 5.32 Å². The molecule has 0 aliphatic rings. The molecular weight excluding hydrogens is 232 g/mol. The van der Waals surface area contributed by atoms with Crippen LogP contribution in [0, 0.1) is 0 Å². The molecule has 0 spiro atoms. The van der Waals surface area contributed by atoms with Gasteiger partial charge in [-0.05, 0) is 5.56 Å². The molecule has 1 N–H and O–H groups in total. The van der Waals surface area contributed by atoms with Gasteiger partial charge in [-0.15, -0.1) is 0 Å². The Bertz CT molecular complexity index is 510. The van der Waals surface area contributed by atoms with E-state index in [9.17, 15) is 4.79 Å². The summed E-state index contributed by atoms with van der Waals surface area (Å²) in [6.45, 7) is 0.551. The molecule has 2 aromatic rings. The van der Waals surface area contributed by atoms with Gasteiger partial charge in [0.05, 0.1) is 6.54 Å². The Morgan fingerprint density at radius 2 is 2.17 bits per heavy atom. The molecule has 18 heavy (non-hydrogen) atoms. The third-order valence-electron chi connectivity index (χ3n) is 2.41. The minimum atomic E-state index is -0.471. The van der Waals surface area contributed by atoms with Crippen LogP contribution in [0.15, 0.2) is 36.7 Å². The van der Waals surface area contributed by atoms with E-state index in [1.54, 1.807) is 11.7 Å². The van der Waals surface area contributed by atoms with Crippen LogP contribution in [0.3, 0.4) is 0 Å². The van der Waals surface area contributed by atoms with Crippen molar-refractivity contribution in [2.45, 2.75) is 13.2 Å². The first-order chi connectivity index (χ1) is 8.75. The van der Waals surface area contributed by atoms with Crippen molar-refractivity contribution in [2.75, 3.05) is 0 Å². The normalized spacial score (nSPS) is 10.1. The molecule has 1 aromatic carbocycles. The topological polar surface area (TPSA) is 69.0 Å². The second-order valence-corrected chi connectivity index (χ2v) is 3.72. The molecule has 0 radical (unpaired) electrons. The van der Waals surface area contributed by atoms with Crippen molar-refractivity contribution >= 4 is 6.09 Å². The van der Waals surface area contributed by atoms with E-state index in [1.807, 2.05) is 30.3 Å². The standard InChI is InChI=1S/C12H14N4O2/c1-16-11(14-9-15-16)7-13-12(17)18-8-10-5-3-2-4-6-10/h2-6,9H,7-8H2,1H3,(H,13,17). The second kappa shape index (κ2) is 5.81. The molecule has 94 valence electrons. The Labute approximate surface area is 105 Å². The van der Waals surface area contributed by atoms with Crippen LogP contribution >= 0.6 is 0 Å². The summed E-state index contributed by atoms with van der Waals surface area (Å²) >= 11 is 0. The molecule has 0 bridgehead atoms. The quantitative estimate of drug-likeness (QED) is 0.881. The van der Waals surface area contributed by atoms with Crippen molar-refractivity contribution < 1.29 is 9.53 Å². The highest BCUT2D eigenvalue weighted by Crippen LogP contribution is 2.00. The lowest BCUT2D eigenvalue weighted by atomic mass is 10.2. The summed E-state index contributed by atoms with van der Waals surface area (Å²) in [5.74, 6) is 0.673. The van der Waals surface area contributed by atoms with Crippen LogP contribution in [0.4, 0.5) is 4.79 Å². The number of ether oxygens (including phenoxy) is 1. The van der Waals surface area contributed by atoms with Crippen molar-refractivity contribution in [3.8, 4) is 0 Å². The zero-order chi connectivity index (χ0) is 12.8.